The Morgan fingerprint density at radius 1 is 1.16 bits per heavy atom. The van der Waals surface area contributed by atoms with Crippen molar-refractivity contribution in [3.05, 3.63) is 0 Å². The molecule has 106 valence electrons. The molecule has 1 aliphatic rings. The molecule has 1 fully saturated rings. The van der Waals surface area contributed by atoms with Crippen LogP contribution >= 0.6 is 0 Å². The van der Waals surface area contributed by atoms with Crippen LogP contribution in [0.1, 0.15) is 6.42 Å². The first-order chi connectivity index (χ1) is 8.87. The largest absolute Gasteiger partial charge is 0.368 e. The molecule has 19 heavy (non-hydrogen) atoms. The maximum absolute atomic E-state index is 11.6. The molecule has 1 aliphatic heterocycles. The summed E-state index contributed by atoms with van der Waals surface area (Å²) in [5.74, 6) is 1.38. The van der Waals surface area contributed by atoms with Crippen molar-refractivity contribution in [1.82, 2.24) is 15.0 Å². The van der Waals surface area contributed by atoms with Gasteiger partial charge in [-0.3, -0.25) is 0 Å². The number of rotatable bonds is 2. The lowest BCUT2D eigenvalue weighted by atomic mass is 10.4. The van der Waals surface area contributed by atoms with Crippen LogP contribution in [0.2, 0.25) is 0 Å². The zero-order chi connectivity index (χ0) is 14.0. The van der Waals surface area contributed by atoms with E-state index in [2.05, 4.69) is 15.0 Å². The molecule has 2 rings (SSSR count). The first-order valence-electron chi connectivity index (χ1n) is 6.02. The third-order valence-corrected chi connectivity index (χ3v) is 4.58. The Morgan fingerprint density at radius 3 is 2.58 bits per heavy atom. The lowest BCUT2D eigenvalue weighted by Crippen LogP contribution is -2.29. The van der Waals surface area contributed by atoms with Crippen molar-refractivity contribution in [2.75, 3.05) is 54.2 Å². The molecule has 0 atom stereocenters. The van der Waals surface area contributed by atoms with Gasteiger partial charge in [0.25, 0.3) is 0 Å². The van der Waals surface area contributed by atoms with Crippen LogP contribution < -0.4 is 15.5 Å². The molecule has 0 unspecified atom stereocenters. The Kier molecular flexibility index (Phi) is 3.74. The maximum atomic E-state index is 11.6. The molecular weight excluding hydrogens is 268 g/mol. The zero-order valence-corrected chi connectivity index (χ0v) is 11.9. The van der Waals surface area contributed by atoms with E-state index in [0.717, 1.165) is 0 Å². The number of hydrogen-bond acceptors (Lipinski definition) is 8. The third kappa shape index (κ3) is 3.43. The summed E-state index contributed by atoms with van der Waals surface area (Å²) < 4.78 is 23.2. The number of aromatic nitrogens is 3. The summed E-state index contributed by atoms with van der Waals surface area (Å²) in [6.07, 6.45) is 0.575. The van der Waals surface area contributed by atoms with Crippen LogP contribution in [0.5, 0.6) is 0 Å². The summed E-state index contributed by atoms with van der Waals surface area (Å²) in [6.45, 7) is 0.994. The molecule has 0 spiro atoms. The van der Waals surface area contributed by atoms with Crippen molar-refractivity contribution in [3.8, 4) is 0 Å². The van der Waals surface area contributed by atoms with Gasteiger partial charge in [0.15, 0.2) is 9.84 Å². The van der Waals surface area contributed by atoms with E-state index < -0.39 is 9.84 Å². The monoisotopic (exact) mass is 286 g/mol. The van der Waals surface area contributed by atoms with Gasteiger partial charge in [0.1, 0.15) is 0 Å². The van der Waals surface area contributed by atoms with Gasteiger partial charge < -0.3 is 15.5 Å². The highest BCUT2D eigenvalue weighted by molar-refractivity contribution is 7.91. The maximum Gasteiger partial charge on any atom is 0.231 e. The molecule has 2 N–H and O–H groups in total. The van der Waals surface area contributed by atoms with Crippen LogP contribution in [0.15, 0.2) is 0 Å². The molecule has 0 aromatic carbocycles. The van der Waals surface area contributed by atoms with E-state index in [4.69, 9.17) is 5.73 Å². The van der Waals surface area contributed by atoms with Gasteiger partial charge in [-0.15, -0.1) is 0 Å². The third-order valence-electron chi connectivity index (χ3n) is 2.87. The van der Waals surface area contributed by atoms with E-state index in [9.17, 15) is 8.42 Å². The molecule has 2 heterocycles. The number of sulfone groups is 1. The fourth-order valence-corrected chi connectivity index (χ4v) is 3.12. The fraction of sp³-hybridized carbons (Fsp3) is 0.700. The smallest absolute Gasteiger partial charge is 0.231 e. The Bertz CT molecular complexity index is 559. The first kappa shape index (κ1) is 13.8. The van der Waals surface area contributed by atoms with Gasteiger partial charge in [-0.2, -0.15) is 15.0 Å². The van der Waals surface area contributed by atoms with Gasteiger partial charge in [0, 0.05) is 27.2 Å². The van der Waals surface area contributed by atoms with Gasteiger partial charge in [-0.1, -0.05) is 0 Å². The Morgan fingerprint density at radius 2 is 1.89 bits per heavy atom. The van der Waals surface area contributed by atoms with E-state index in [-0.39, 0.29) is 17.5 Å². The summed E-state index contributed by atoms with van der Waals surface area (Å²) in [6, 6.07) is 0. The van der Waals surface area contributed by atoms with E-state index in [1.807, 2.05) is 19.0 Å². The minimum atomic E-state index is -2.95. The van der Waals surface area contributed by atoms with Gasteiger partial charge in [0.2, 0.25) is 17.8 Å². The molecule has 1 aromatic heterocycles. The minimum absolute atomic E-state index is 0.121. The topological polar surface area (TPSA) is 105 Å². The number of nitrogen functional groups attached to an aromatic ring is 1. The lowest BCUT2D eigenvalue weighted by molar-refractivity contribution is 0.597. The molecule has 0 amide bonds. The second kappa shape index (κ2) is 5.16. The summed E-state index contributed by atoms with van der Waals surface area (Å²) in [5, 5.41) is 0. The van der Waals surface area contributed by atoms with Crippen LogP contribution in [-0.2, 0) is 9.84 Å². The standard InChI is InChI=1S/C10H18N6O2S/c1-15(2)9-12-8(11)13-10(14-9)16-4-3-6-19(17,18)7-5-16/h3-7H2,1-2H3,(H2,11,12,13,14). The molecule has 8 nitrogen and oxygen atoms in total. The van der Waals surface area contributed by atoms with Crippen molar-refractivity contribution >= 4 is 27.7 Å². The van der Waals surface area contributed by atoms with Crippen LogP contribution in [0, 0.1) is 0 Å². The van der Waals surface area contributed by atoms with E-state index in [1.54, 1.807) is 4.90 Å². The summed E-state index contributed by atoms with van der Waals surface area (Å²) in [4.78, 5) is 16.0. The lowest BCUT2D eigenvalue weighted by Gasteiger charge is -2.21. The predicted molar refractivity (Wildman–Crippen MR) is 74.1 cm³/mol. The first-order valence-corrected chi connectivity index (χ1v) is 7.84. The van der Waals surface area contributed by atoms with Crippen molar-refractivity contribution in [2.24, 2.45) is 0 Å². The van der Waals surface area contributed by atoms with Crippen molar-refractivity contribution in [2.45, 2.75) is 6.42 Å². The van der Waals surface area contributed by atoms with Crippen LogP contribution in [0.25, 0.3) is 0 Å². The molecular formula is C10H18N6O2S. The van der Waals surface area contributed by atoms with Gasteiger partial charge in [-0.25, -0.2) is 8.42 Å². The Hall–Kier alpha value is -1.64. The average Bonchev–Trinajstić information content (AvgIpc) is 2.49. The SMILES string of the molecule is CN(C)c1nc(N)nc(N2CCCS(=O)(=O)CC2)n1. The van der Waals surface area contributed by atoms with Crippen molar-refractivity contribution in [1.29, 1.82) is 0 Å². The van der Waals surface area contributed by atoms with E-state index in [0.29, 0.717) is 31.4 Å². The van der Waals surface area contributed by atoms with E-state index in [1.165, 1.54) is 0 Å². The highest BCUT2D eigenvalue weighted by Crippen LogP contribution is 2.16. The number of nitrogens with zero attached hydrogens (tertiary/aromatic N) is 5. The molecule has 0 radical (unpaired) electrons. The van der Waals surface area contributed by atoms with Gasteiger partial charge in [0.05, 0.1) is 11.5 Å². The van der Waals surface area contributed by atoms with Gasteiger partial charge in [-0.05, 0) is 6.42 Å². The molecule has 9 heteroatoms. The Balaban J connectivity index is 2.26. The Labute approximate surface area is 112 Å². The van der Waals surface area contributed by atoms with Crippen molar-refractivity contribution < 1.29 is 8.42 Å². The molecule has 0 saturated carbocycles. The fourth-order valence-electron chi connectivity index (χ4n) is 1.85. The minimum Gasteiger partial charge on any atom is -0.368 e. The van der Waals surface area contributed by atoms with Crippen LogP contribution in [-0.4, -0.2) is 62.1 Å². The number of nitrogens with two attached hydrogens (primary N) is 1. The van der Waals surface area contributed by atoms with Crippen molar-refractivity contribution in [3.63, 3.8) is 0 Å². The number of anilines is 3. The van der Waals surface area contributed by atoms with Crippen LogP contribution in [0.3, 0.4) is 0 Å². The normalized spacial score (nSPS) is 18.9. The highest BCUT2D eigenvalue weighted by Gasteiger charge is 2.21. The number of hydrogen-bond donors (Lipinski definition) is 1. The summed E-state index contributed by atoms with van der Waals surface area (Å²) >= 11 is 0. The quantitative estimate of drug-likeness (QED) is 0.749. The molecule has 0 bridgehead atoms. The summed E-state index contributed by atoms with van der Waals surface area (Å²) in [7, 11) is 0.671. The summed E-state index contributed by atoms with van der Waals surface area (Å²) in [5.41, 5.74) is 5.66. The van der Waals surface area contributed by atoms with E-state index >= 15 is 0 Å². The second-order valence-electron chi connectivity index (χ2n) is 4.68. The van der Waals surface area contributed by atoms with Gasteiger partial charge >= 0.3 is 0 Å². The van der Waals surface area contributed by atoms with Crippen LogP contribution in [0.4, 0.5) is 17.8 Å². The average molecular weight is 286 g/mol. The second-order valence-corrected chi connectivity index (χ2v) is 6.98. The highest BCUT2D eigenvalue weighted by atomic mass is 32.2. The molecule has 0 aliphatic carbocycles. The molecule has 1 aromatic rings. The zero-order valence-electron chi connectivity index (χ0n) is 11.1. The predicted octanol–water partition coefficient (Wildman–Crippen LogP) is -0.855. The molecule has 1 saturated heterocycles.